The molecule has 1 N–H and O–H groups in total. The van der Waals surface area contributed by atoms with E-state index >= 15 is 0 Å². The molecule has 4 rings (SSSR count). The van der Waals surface area contributed by atoms with Crippen LogP contribution in [0.5, 0.6) is 17.2 Å². The van der Waals surface area contributed by atoms with Crippen molar-refractivity contribution in [2.24, 2.45) is 5.10 Å². The highest BCUT2D eigenvalue weighted by Crippen LogP contribution is 2.30. The fraction of sp³-hybridized carbons (Fsp3) is 0.103. The maximum atomic E-state index is 12.5. The number of nitrogens with zero attached hydrogens (tertiary/aromatic N) is 1. The van der Waals surface area contributed by atoms with Crippen molar-refractivity contribution >= 4 is 58.5 Å². The Hall–Kier alpha value is -3.42. The second kappa shape index (κ2) is 13.6. The summed E-state index contributed by atoms with van der Waals surface area (Å²) in [7, 11) is 1.54. The summed E-state index contributed by atoms with van der Waals surface area (Å²) < 4.78 is 17.1. The van der Waals surface area contributed by atoms with Gasteiger partial charge in [-0.05, 0) is 72.3 Å². The quantitative estimate of drug-likeness (QED) is 0.146. The number of amides is 1. The van der Waals surface area contributed by atoms with Gasteiger partial charge in [0, 0.05) is 36.8 Å². The molecule has 39 heavy (non-hydrogen) atoms. The molecule has 200 valence electrons. The molecule has 0 unspecified atom stereocenters. The van der Waals surface area contributed by atoms with E-state index in [-0.39, 0.29) is 19.1 Å². The summed E-state index contributed by atoms with van der Waals surface area (Å²) in [5, 5.41) is 6.20. The number of hydrogen-bond donors (Lipinski definition) is 1. The number of ether oxygens (including phenoxy) is 3. The molecule has 0 radical (unpaired) electrons. The number of hydrazone groups is 1. The van der Waals surface area contributed by atoms with Crippen LogP contribution in [0.3, 0.4) is 0 Å². The summed E-state index contributed by atoms with van der Waals surface area (Å²) in [6, 6.07) is 22.4. The van der Waals surface area contributed by atoms with E-state index in [0.29, 0.717) is 48.5 Å². The first kappa shape index (κ1) is 28.6. The van der Waals surface area contributed by atoms with Crippen LogP contribution < -0.4 is 19.6 Å². The minimum absolute atomic E-state index is 0.245. The van der Waals surface area contributed by atoms with Gasteiger partial charge in [0.2, 0.25) is 0 Å². The average Bonchev–Trinajstić information content (AvgIpc) is 2.92. The Balaban J connectivity index is 1.30. The molecule has 1 amide bonds. The molecule has 0 fully saturated rings. The highest BCUT2D eigenvalue weighted by Gasteiger charge is 2.09. The maximum absolute atomic E-state index is 12.5. The number of halogens is 4. The smallest absolute Gasteiger partial charge is 0.271 e. The highest BCUT2D eigenvalue weighted by molar-refractivity contribution is 6.35. The lowest BCUT2D eigenvalue weighted by Gasteiger charge is -2.12. The monoisotopic (exact) mass is 602 g/mol. The van der Waals surface area contributed by atoms with Gasteiger partial charge in [-0.15, -0.1) is 0 Å². The Morgan fingerprint density at radius 3 is 1.97 bits per heavy atom. The number of nitrogens with one attached hydrogen (secondary N) is 1. The molecule has 0 saturated carbocycles. The molecule has 0 aliphatic carbocycles. The van der Waals surface area contributed by atoms with Gasteiger partial charge in [-0.25, -0.2) is 5.43 Å². The van der Waals surface area contributed by atoms with Gasteiger partial charge in [0.25, 0.3) is 5.91 Å². The molecule has 0 spiro atoms. The van der Waals surface area contributed by atoms with Crippen molar-refractivity contribution in [3.05, 3.63) is 121 Å². The van der Waals surface area contributed by atoms with Crippen LogP contribution in [-0.4, -0.2) is 19.2 Å². The predicted octanol–water partition coefficient (Wildman–Crippen LogP) is 8.23. The van der Waals surface area contributed by atoms with Crippen molar-refractivity contribution in [1.82, 2.24) is 5.43 Å². The summed E-state index contributed by atoms with van der Waals surface area (Å²) in [5.41, 5.74) is 5.23. The Morgan fingerprint density at radius 2 is 1.38 bits per heavy atom. The number of methoxy groups -OCH3 is 1. The fourth-order valence-corrected chi connectivity index (χ4v) is 4.34. The van der Waals surface area contributed by atoms with Crippen LogP contribution in [0.25, 0.3) is 0 Å². The lowest BCUT2D eigenvalue weighted by Crippen LogP contribution is -2.17. The molecule has 0 aliphatic heterocycles. The second-order valence-corrected chi connectivity index (χ2v) is 9.87. The van der Waals surface area contributed by atoms with E-state index in [1.165, 1.54) is 13.3 Å². The van der Waals surface area contributed by atoms with Crippen molar-refractivity contribution in [2.75, 3.05) is 7.11 Å². The van der Waals surface area contributed by atoms with Gasteiger partial charge in [0.15, 0.2) is 11.5 Å². The van der Waals surface area contributed by atoms with Crippen LogP contribution in [0.4, 0.5) is 0 Å². The first-order valence-corrected chi connectivity index (χ1v) is 13.1. The van der Waals surface area contributed by atoms with Gasteiger partial charge in [-0.1, -0.05) is 58.5 Å². The molecular formula is C29H22Cl4N2O4. The molecule has 0 atom stereocenters. The lowest BCUT2D eigenvalue weighted by molar-refractivity contribution is 0.0955. The van der Waals surface area contributed by atoms with Crippen LogP contribution in [0, 0.1) is 0 Å². The van der Waals surface area contributed by atoms with E-state index < -0.39 is 0 Å². The average molecular weight is 604 g/mol. The zero-order chi connectivity index (χ0) is 27.8. The van der Waals surface area contributed by atoms with Crippen molar-refractivity contribution in [2.45, 2.75) is 13.2 Å². The topological polar surface area (TPSA) is 69.2 Å². The van der Waals surface area contributed by atoms with E-state index in [9.17, 15) is 4.79 Å². The zero-order valence-corrected chi connectivity index (χ0v) is 23.6. The summed E-state index contributed by atoms with van der Waals surface area (Å²) in [6.07, 6.45) is 1.51. The Bertz CT molecular complexity index is 1490. The van der Waals surface area contributed by atoms with E-state index in [4.69, 9.17) is 60.6 Å². The molecule has 0 bridgehead atoms. The first-order valence-electron chi connectivity index (χ1n) is 11.6. The van der Waals surface area contributed by atoms with Gasteiger partial charge in [0.1, 0.15) is 19.0 Å². The molecule has 0 aliphatic rings. The SMILES string of the molecule is COc1cc(/C=N/NC(=O)c2ccc(OCc3ccc(Cl)cc3Cl)cc2)ccc1OCc1ccc(Cl)cc1Cl. The number of benzene rings is 4. The summed E-state index contributed by atoms with van der Waals surface area (Å²) in [6.45, 7) is 0.516. The number of carbonyl (C=O) groups excluding carboxylic acids is 1. The molecule has 10 heteroatoms. The largest absolute Gasteiger partial charge is 0.493 e. The van der Waals surface area contributed by atoms with Gasteiger partial charge >= 0.3 is 0 Å². The Morgan fingerprint density at radius 1 is 0.769 bits per heavy atom. The third-order valence-electron chi connectivity index (χ3n) is 5.49. The highest BCUT2D eigenvalue weighted by atomic mass is 35.5. The normalized spacial score (nSPS) is 10.9. The van der Waals surface area contributed by atoms with Crippen LogP contribution in [0.15, 0.2) is 84.0 Å². The lowest BCUT2D eigenvalue weighted by atomic mass is 10.2. The summed E-state index contributed by atoms with van der Waals surface area (Å²) >= 11 is 24.3. The van der Waals surface area contributed by atoms with E-state index in [0.717, 1.165) is 11.1 Å². The minimum atomic E-state index is -0.370. The van der Waals surface area contributed by atoms with E-state index in [1.54, 1.807) is 78.9 Å². The van der Waals surface area contributed by atoms with Crippen LogP contribution in [0.1, 0.15) is 27.0 Å². The van der Waals surface area contributed by atoms with Crippen molar-refractivity contribution in [1.29, 1.82) is 0 Å². The van der Waals surface area contributed by atoms with Gasteiger partial charge in [-0.3, -0.25) is 4.79 Å². The molecule has 6 nitrogen and oxygen atoms in total. The first-order chi connectivity index (χ1) is 18.8. The van der Waals surface area contributed by atoms with Gasteiger partial charge in [-0.2, -0.15) is 5.10 Å². The molecule has 0 saturated heterocycles. The van der Waals surface area contributed by atoms with Gasteiger partial charge < -0.3 is 14.2 Å². The van der Waals surface area contributed by atoms with Crippen LogP contribution in [-0.2, 0) is 13.2 Å². The van der Waals surface area contributed by atoms with Crippen molar-refractivity contribution < 1.29 is 19.0 Å². The molecule has 4 aromatic rings. The van der Waals surface area contributed by atoms with Crippen LogP contribution in [0.2, 0.25) is 20.1 Å². The number of hydrogen-bond acceptors (Lipinski definition) is 5. The molecule has 4 aromatic carbocycles. The Kier molecular flexibility index (Phi) is 9.96. The summed E-state index contributed by atoms with van der Waals surface area (Å²) in [5.74, 6) is 1.26. The zero-order valence-electron chi connectivity index (χ0n) is 20.6. The molecular weight excluding hydrogens is 582 g/mol. The fourth-order valence-electron chi connectivity index (χ4n) is 3.41. The standard InChI is InChI=1S/C29H22Cl4N2O4/c1-37-28-12-18(2-11-27(28)39-17-21-4-8-23(31)14-26(21)33)15-34-35-29(36)19-5-9-24(10-6-19)38-16-20-3-7-22(30)13-25(20)32/h2-15H,16-17H2,1H3,(H,35,36)/b34-15+. The Labute approximate surface area is 246 Å². The predicted molar refractivity (Wildman–Crippen MR) is 156 cm³/mol. The minimum Gasteiger partial charge on any atom is -0.493 e. The van der Waals surface area contributed by atoms with Crippen molar-refractivity contribution in [3.63, 3.8) is 0 Å². The van der Waals surface area contributed by atoms with Crippen molar-refractivity contribution in [3.8, 4) is 17.2 Å². The van der Waals surface area contributed by atoms with Crippen LogP contribution >= 0.6 is 46.4 Å². The summed E-state index contributed by atoms with van der Waals surface area (Å²) in [4.78, 5) is 12.5. The van der Waals surface area contributed by atoms with Gasteiger partial charge in [0.05, 0.1) is 13.3 Å². The third-order valence-corrected chi connectivity index (χ3v) is 6.67. The maximum Gasteiger partial charge on any atom is 0.271 e. The molecule has 0 heterocycles. The number of carbonyl (C=O) groups is 1. The third kappa shape index (κ3) is 8.04. The molecule has 0 aromatic heterocycles. The second-order valence-electron chi connectivity index (χ2n) is 8.18. The van der Waals surface area contributed by atoms with E-state index in [2.05, 4.69) is 10.5 Å². The van der Waals surface area contributed by atoms with E-state index in [1.807, 2.05) is 0 Å². The number of rotatable bonds is 10.